The number of carbonyl (C=O) groups excluding carboxylic acids is 4. The third-order valence-electron chi connectivity index (χ3n) is 5.87. The fourth-order valence-corrected chi connectivity index (χ4v) is 4.68. The molecule has 0 aromatic carbocycles. The highest BCUT2D eigenvalue weighted by molar-refractivity contribution is 5.98. The predicted octanol–water partition coefficient (Wildman–Crippen LogP) is 2.21. The molecule has 170 valence electrons. The lowest BCUT2D eigenvalue weighted by Crippen LogP contribution is -2.51. The van der Waals surface area contributed by atoms with E-state index in [9.17, 15) is 19.2 Å². The Morgan fingerprint density at radius 3 is 2.17 bits per heavy atom. The highest BCUT2D eigenvalue weighted by atomic mass is 16.6. The van der Waals surface area contributed by atoms with E-state index in [0.717, 1.165) is 0 Å². The van der Waals surface area contributed by atoms with Gasteiger partial charge in [0.05, 0.1) is 12.6 Å². The largest absolute Gasteiger partial charge is 0.446 e. The highest BCUT2D eigenvalue weighted by Crippen LogP contribution is 2.32. The number of likely N-dealkylation sites (tertiary alicyclic amines) is 2. The van der Waals surface area contributed by atoms with Crippen LogP contribution >= 0.6 is 0 Å². The molecule has 8 heteroatoms. The minimum atomic E-state index is -0.668. The molecule has 2 aliphatic rings. The lowest BCUT2D eigenvalue weighted by molar-refractivity contribution is -0.137. The first kappa shape index (κ1) is 24.2. The first-order valence-electron chi connectivity index (χ1n) is 11.0. The summed E-state index contributed by atoms with van der Waals surface area (Å²) in [6.07, 6.45) is 0.301. The van der Waals surface area contributed by atoms with E-state index in [4.69, 9.17) is 4.74 Å². The predicted molar refractivity (Wildman–Crippen MR) is 113 cm³/mol. The molecule has 2 aliphatic heterocycles. The van der Waals surface area contributed by atoms with Crippen molar-refractivity contribution in [2.24, 2.45) is 17.8 Å². The minimum Gasteiger partial charge on any atom is -0.446 e. The molecular formula is C22H37N3O5. The van der Waals surface area contributed by atoms with Crippen LogP contribution in [0.2, 0.25) is 0 Å². The van der Waals surface area contributed by atoms with Crippen LogP contribution in [0.1, 0.15) is 61.3 Å². The highest BCUT2D eigenvalue weighted by Gasteiger charge is 2.53. The van der Waals surface area contributed by atoms with Crippen molar-refractivity contribution >= 4 is 23.7 Å². The van der Waals surface area contributed by atoms with E-state index in [0.29, 0.717) is 19.4 Å². The number of carbonyl (C=O) groups is 4. The third kappa shape index (κ3) is 5.32. The summed E-state index contributed by atoms with van der Waals surface area (Å²) in [6.45, 7) is 13.7. The van der Waals surface area contributed by atoms with E-state index < -0.39 is 18.2 Å². The molecule has 2 rings (SSSR count). The summed E-state index contributed by atoms with van der Waals surface area (Å²) in [4.78, 5) is 53.4. The maximum atomic E-state index is 13.2. The summed E-state index contributed by atoms with van der Waals surface area (Å²) in [7, 11) is 0. The molecule has 0 aliphatic carbocycles. The van der Waals surface area contributed by atoms with Gasteiger partial charge in [0, 0.05) is 13.5 Å². The van der Waals surface area contributed by atoms with Crippen molar-refractivity contribution in [3.63, 3.8) is 0 Å². The van der Waals surface area contributed by atoms with Crippen LogP contribution in [0.5, 0.6) is 0 Å². The van der Waals surface area contributed by atoms with E-state index in [-0.39, 0.29) is 54.0 Å². The van der Waals surface area contributed by atoms with Gasteiger partial charge in [-0.05, 0) is 30.6 Å². The number of Topliss-reactive ketones (excluding diaryl/α,β-unsaturated/α-hetero) is 1. The van der Waals surface area contributed by atoms with E-state index >= 15 is 0 Å². The first-order chi connectivity index (χ1) is 13.9. The summed E-state index contributed by atoms with van der Waals surface area (Å²) >= 11 is 0. The molecular weight excluding hydrogens is 386 g/mol. The van der Waals surface area contributed by atoms with Crippen molar-refractivity contribution in [1.82, 2.24) is 15.1 Å². The molecule has 8 nitrogen and oxygen atoms in total. The number of nitrogens with one attached hydrogen (secondary N) is 1. The molecule has 30 heavy (non-hydrogen) atoms. The summed E-state index contributed by atoms with van der Waals surface area (Å²) < 4.78 is 5.74. The zero-order chi connectivity index (χ0) is 22.7. The molecule has 2 fully saturated rings. The maximum Gasteiger partial charge on any atom is 0.410 e. The van der Waals surface area contributed by atoms with Gasteiger partial charge in [-0.2, -0.15) is 0 Å². The van der Waals surface area contributed by atoms with Crippen LogP contribution in [-0.4, -0.2) is 70.8 Å². The molecule has 2 saturated heterocycles. The number of hydrogen-bond acceptors (Lipinski definition) is 5. The monoisotopic (exact) mass is 423 g/mol. The third-order valence-corrected chi connectivity index (χ3v) is 5.87. The second-order valence-electron chi connectivity index (χ2n) is 9.65. The lowest BCUT2D eigenvalue weighted by atomic mass is 9.96. The molecule has 0 spiro atoms. The molecule has 2 heterocycles. The summed E-state index contributed by atoms with van der Waals surface area (Å²) in [5.41, 5.74) is 0. The van der Waals surface area contributed by atoms with Crippen molar-refractivity contribution in [3.05, 3.63) is 0 Å². The number of nitrogens with zero attached hydrogens (tertiary/aromatic N) is 2. The average molecular weight is 424 g/mol. The molecule has 3 amide bonds. The molecule has 0 aromatic heterocycles. The van der Waals surface area contributed by atoms with Gasteiger partial charge in [-0.15, -0.1) is 0 Å². The molecule has 3 atom stereocenters. The first-order valence-corrected chi connectivity index (χ1v) is 11.0. The normalized spacial score (nSPS) is 22.3. The van der Waals surface area contributed by atoms with Gasteiger partial charge in [0.2, 0.25) is 11.8 Å². The average Bonchev–Trinajstić information content (AvgIpc) is 3.18. The van der Waals surface area contributed by atoms with Crippen LogP contribution in [0.4, 0.5) is 4.79 Å². The lowest BCUT2D eigenvalue weighted by Gasteiger charge is -2.30. The Morgan fingerprint density at radius 2 is 1.67 bits per heavy atom. The number of rotatable bonds is 7. The topological polar surface area (TPSA) is 96.0 Å². The maximum absolute atomic E-state index is 13.2. The van der Waals surface area contributed by atoms with Gasteiger partial charge >= 0.3 is 6.09 Å². The minimum absolute atomic E-state index is 0.0378. The number of hydrogen-bond donors (Lipinski definition) is 1. The number of ketones is 1. The number of fused-ring (bicyclic) bond motifs is 1. The quantitative estimate of drug-likeness (QED) is 0.677. The van der Waals surface area contributed by atoms with Gasteiger partial charge in [-0.1, -0.05) is 41.5 Å². The zero-order valence-corrected chi connectivity index (χ0v) is 19.3. The van der Waals surface area contributed by atoms with Gasteiger partial charge in [-0.3, -0.25) is 19.3 Å². The zero-order valence-electron chi connectivity index (χ0n) is 19.3. The molecule has 0 unspecified atom stereocenters. The van der Waals surface area contributed by atoms with Crippen molar-refractivity contribution < 1.29 is 23.9 Å². The Kier molecular flexibility index (Phi) is 7.88. The molecule has 0 saturated carbocycles. The van der Waals surface area contributed by atoms with Crippen LogP contribution in [-0.2, 0) is 19.1 Å². The SMILES string of the molecule is CC(=O)N[C@@H](CC(C)C)C(=O)N1CC(=O)[C@@H]2[C@H]1CCN2C(=O)OC(C(C)C)C(C)C. The standard InChI is InChI=1S/C22H37N3O5/c1-12(2)10-16(23-15(7)26)21(28)25-11-18(27)19-17(25)8-9-24(19)22(29)30-20(13(3)4)14(5)6/h12-14,16-17,19-20H,8-11H2,1-7H3,(H,23,26)/t16-,17+,19-/m0/s1. The van der Waals surface area contributed by atoms with Crippen LogP contribution in [0.25, 0.3) is 0 Å². The van der Waals surface area contributed by atoms with E-state index in [1.54, 1.807) is 4.90 Å². The van der Waals surface area contributed by atoms with Crippen molar-refractivity contribution in [1.29, 1.82) is 0 Å². The van der Waals surface area contributed by atoms with E-state index in [1.807, 2.05) is 41.5 Å². The molecule has 0 radical (unpaired) electrons. The van der Waals surface area contributed by atoms with Crippen LogP contribution in [0.15, 0.2) is 0 Å². The van der Waals surface area contributed by atoms with Gasteiger partial charge in [-0.25, -0.2) is 4.79 Å². The Morgan fingerprint density at radius 1 is 1.07 bits per heavy atom. The van der Waals surface area contributed by atoms with Crippen molar-refractivity contribution in [3.8, 4) is 0 Å². The summed E-state index contributed by atoms with van der Waals surface area (Å²) in [6, 6.07) is -1.70. The fraction of sp³-hybridized carbons (Fsp3) is 0.818. The molecule has 0 aromatic rings. The fourth-order valence-electron chi connectivity index (χ4n) is 4.68. The Bertz CT molecular complexity index is 668. The van der Waals surface area contributed by atoms with Crippen LogP contribution in [0, 0.1) is 17.8 Å². The van der Waals surface area contributed by atoms with Crippen molar-refractivity contribution in [2.45, 2.75) is 85.5 Å². The Balaban J connectivity index is 2.14. The van der Waals surface area contributed by atoms with Gasteiger partial charge in [0.15, 0.2) is 5.78 Å². The van der Waals surface area contributed by atoms with Gasteiger partial charge in [0.1, 0.15) is 18.2 Å². The van der Waals surface area contributed by atoms with E-state index in [2.05, 4.69) is 5.32 Å². The van der Waals surface area contributed by atoms with Crippen LogP contribution < -0.4 is 5.32 Å². The summed E-state index contributed by atoms with van der Waals surface area (Å²) in [5, 5.41) is 2.72. The van der Waals surface area contributed by atoms with Crippen molar-refractivity contribution in [2.75, 3.05) is 13.1 Å². The van der Waals surface area contributed by atoms with E-state index in [1.165, 1.54) is 11.8 Å². The Labute approximate surface area is 179 Å². The number of ether oxygens (including phenoxy) is 1. The van der Waals surface area contributed by atoms with Crippen LogP contribution in [0.3, 0.4) is 0 Å². The molecule has 1 N–H and O–H groups in total. The second-order valence-corrected chi connectivity index (χ2v) is 9.65. The number of amides is 3. The smallest absolute Gasteiger partial charge is 0.410 e. The molecule has 0 bridgehead atoms. The summed E-state index contributed by atoms with van der Waals surface area (Å²) in [5.74, 6) is -0.143. The second kappa shape index (κ2) is 9.79. The Hall–Kier alpha value is -2.12. The van der Waals surface area contributed by atoms with Gasteiger partial charge in [0.25, 0.3) is 0 Å². The van der Waals surface area contributed by atoms with Gasteiger partial charge < -0.3 is 15.0 Å².